The van der Waals surface area contributed by atoms with Crippen LogP contribution in [0.15, 0.2) is 81.0 Å². The highest BCUT2D eigenvalue weighted by atomic mass is 35.5. The van der Waals surface area contributed by atoms with Crippen LogP contribution in [0.25, 0.3) is 11.3 Å². The zero-order chi connectivity index (χ0) is 22.8. The van der Waals surface area contributed by atoms with Gasteiger partial charge in [-0.3, -0.25) is 9.59 Å². The van der Waals surface area contributed by atoms with Crippen LogP contribution in [0, 0.1) is 0 Å². The minimum Gasteiger partial charge on any atom is -0.467 e. The molecule has 0 aliphatic heterocycles. The molecule has 0 fully saturated rings. The third-order valence-electron chi connectivity index (χ3n) is 4.94. The molecule has 0 saturated heterocycles. The molecule has 0 aliphatic carbocycles. The fraction of sp³-hybridized carbons (Fsp3) is 0.0870. The second kappa shape index (κ2) is 9.22. The molecule has 0 amide bonds. The largest absolute Gasteiger partial charge is 0.467 e. The number of nitrogens with one attached hydrogen (secondary N) is 1. The van der Waals surface area contributed by atoms with E-state index in [1.54, 1.807) is 52.7 Å². The molecule has 5 aromatic heterocycles. The van der Waals surface area contributed by atoms with Gasteiger partial charge in [0.1, 0.15) is 17.3 Å². The summed E-state index contributed by atoms with van der Waals surface area (Å²) in [5, 5.41) is 11.4. The van der Waals surface area contributed by atoms with E-state index in [1.165, 1.54) is 27.4 Å². The lowest BCUT2D eigenvalue weighted by atomic mass is 10.2. The number of hydrogen-bond donors (Lipinski definition) is 1. The van der Waals surface area contributed by atoms with E-state index in [0.29, 0.717) is 45.8 Å². The first kappa shape index (κ1) is 21.4. The van der Waals surface area contributed by atoms with Crippen molar-refractivity contribution >= 4 is 46.0 Å². The highest BCUT2D eigenvalue weighted by Crippen LogP contribution is 2.25. The number of carbonyl (C=O) groups excluding carboxylic acids is 1. The van der Waals surface area contributed by atoms with Crippen LogP contribution in [-0.2, 0) is 13.1 Å². The molecule has 7 nitrogen and oxygen atoms in total. The summed E-state index contributed by atoms with van der Waals surface area (Å²) in [7, 11) is 0. The minimum atomic E-state index is -0.277. The maximum absolute atomic E-state index is 13.2. The summed E-state index contributed by atoms with van der Waals surface area (Å²) < 4.78 is 8.91. The summed E-state index contributed by atoms with van der Waals surface area (Å²) >= 11 is 8.92. The Balaban J connectivity index is 1.51. The Kier molecular flexibility index (Phi) is 5.99. The van der Waals surface area contributed by atoms with E-state index in [0.717, 1.165) is 4.88 Å². The molecule has 0 radical (unpaired) electrons. The number of hydrogen-bond acceptors (Lipinski definition) is 7. The second-order valence-electron chi connectivity index (χ2n) is 7.14. The first-order chi connectivity index (χ1) is 16.1. The number of aromatic nitrogens is 3. The van der Waals surface area contributed by atoms with E-state index < -0.39 is 0 Å². The summed E-state index contributed by atoms with van der Waals surface area (Å²) in [5.74, 6) is 0.886. The summed E-state index contributed by atoms with van der Waals surface area (Å²) in [6, 6.07) is 14.3. The standard InChI is InChI=1S/C23H17ClN4O3S2/c24-20-6-5-17(33-20)12-25-21-11-19(26-28(21)22(29)15-7-10-32-14-15)18-4-1-8-27(23(18)30)13-16-3-2-9-31-16/h1-11,14,25H,12-13H2. The molecule has 5 rings (SSSR count). The van der Waals surface area contributed by atoms with Gasteiger partial charge in [-0.25, -0.2) is 0 Å². The smallest absolute Gasteiger partial charge is 0.280 e. The van der Waals surface area contributed by atoms with Crippen LogP contribution >= 0.6 is 34.3 Å². The number of carbonyl (C=O) groups is 1. The Labute approximate surface area is 201 Å². The lowest BCUT2D eigenvalue weighted by Gasteiger charge is -2.07. The molecular formula is C23H17ClN4O3S2. The molecular weight excluding hydrogens is 480 g/mol. The number of pyridine rings is 1. The molecule has 0 spiro atoms. The topological polar surface area (TPSA) is 82.1 Å². The third kappa shape index (κ3) is 4.56. The summed E-state index contributed by atoms with van der Waals surface area (Å²) in [5.41, 5.74) is 1.10. The molecule has 0 atom stereocenters. The van der Waals surface area contributed by atoms with E-state index in [9.17, 15) is 9.59 Å². The number of thiophene rings is 2. The van der Waals surface area contributed by atoms with Crippen LogP contribution in [0.2, 0.25) is 4.34 Å². The molecule has 0 aliphatic rings. The summed E-state index contributed by atoms with van der Waals surface area (Å²) in [6.45, 7) is 0.773. The molecule has 5 heterocycles. The molecule has 0 bridgehead atoms. The van der Waals surface area contributed by atoms with E-state index in [1.807, 2.05) is 23.6 Å². The average Bonchev–Trinajstić information content (AvgIpc) is 3.61. The monoisotopic (exact) mass is 496 g/mol. The minimum absolute atomic E-state index is 0.224. The number of halogens is 1. The molecule has 0 unspecified atom stereocenters. The number of furan rings is 1. The highest BCUT2D eigenvalue weighted by Gasteiger charge is 2.19. The maximum Gasteiger partial charge on any atom is 0.280 e. The van der Waals surface area contributed by atoms with Crippen LogP contribution < -0.4 is 10.9 Å². The van der Waals surface area contributed by atoms with Crippen LogP contribution in [0.1, 0.15) is 21.0 Å². The van der Waals surface area contributed by atoms with Gasteiger partial charge in [0.25, 0.3) is 11.5 Å². The molecule has 5 aromatic rings. The van der Waals surface area contributed by atoms with Crippen molar-refractivity contribution in [3.8, 4) is 11.3 Å². The normalized spacial score (nSPS) is 11.1. The van der Waals surface area contributed by atoms with Crippen LogP contribution in [-0.4, -0.2) is 20.3 Å². The zero-order valence-electron chi connectivity index (χ0n) is 17.1. The summed E-state index contributed by atoms with van der Waals surface area (Å²) in [4.78, 5) is 27.3. The predicted molar refractivity (Wildman–Crippen MR) is 130 cm³/mol. The van der Waals surface area contributed by atoms with Gasteiger partial charge in [-0.1, -0.05) is 11.6 Å². The predicted octanol–water partition coefficient (Wildman–Crippen LogP) is 5.43. The van der Waals surface area contributed by atoms with Crippen molar-refractivity contribution in [2.75, 3.05) is 5.32 Å². The van der Waals surface area contributed by atoms with Crippen molar-refractivity contribution in [1.82, 2.24) is 14.3 Å². The lowest BCUT2D eigenvalue weighted by molar-refractivity contribution is 0.0948. The van der Waals surface area contributed by atoms with E-state index in [2.05, 4.69) is 10.4 Å². The van der Waals surface area contributed by atoms with Crippen LogP contribution in [0.3, 0.4) is 0 Å². The Morgan fingerprint density at radius 2 is 2.09 bits per heavy atom. The Hall–Kier alpha value is -3.40. The molecule has 0 saturated carbocycles. The van der Waals surface area contributed by atoms with Crippen molar-refractivity contribution in [3.05, 3.63) is 103 Å². The fourth-order valence-electron chi connectivity index (χ4n) is 3.35. The van der Waals surface area contributed by atoms with Crippen molar-refractivity contribution < 1.29 is 9.21 Å². The SMILES string of the molecule is O=C(c1ccsc1)n1nc(-c2cccn(Cc3ccco3)c2=O)cc1NCc1ccc(Cl)s1. The van der Waals surface area contributed by atoms with Gasteiger partial charge in [-0.2, -0.15) is 21.1 Å². The third-order valence-corrected chi connectivity index (χ3v) is 6.86. The molecule has 10 heteroatoms. The van der Waals surface area contributed by atoms with Gasteiger partial charge < -0.3 is 14.3 Å². The fourth-order valence-corrected chi connectivity index (χ4v) is 5.01. The van der Waals surface area contributed by atoms with Crippen LogP contribution in [0.5, 0.6) is 0 Å². The van der Waals surface area contributed by atoms with Crippen molar-refractivity contribution in [2.45, 2.75) is 13.1 Å². The van der Waals surface area contributed by atoms with E-state index in [4.69, 9.17) is 16.0 Å². The number of nitrogens with zero attached hydrogens (tertiary/aromatic N) is 3. The highest BCUT2D eigenvalue weighted by molar-refractivity contribution is 7.16. The summed E-state index contributed by atoms with van der Waals surface area (Å²) in [6.07, 6.45) is 3.27. The quantitative estimate of drug-likeness (QED) is 0.325. The van der Waals surface area contributed by atoms with E-state index >= 15 is 0 Å². The molecule has 0 aromatic carbocycles. The van der Waals surface area contributed by atoms with Crippen molar-refractivity contribution in [3.63, 3.8) is 0 Å². The van der Waals surface area contributed by atoms with Gasteiger partial charge in [0.15, 0.2) is 0 Å². The molecule has 1 N–H and O–H groups in total. The van der Waals surface area contributed by atoms with Gasteiger partial charge >= 0.3 is 0 Å². The second-order valence-corrected chi connectivity index (χ2v) is 9.72. The van der Waals surface area contributed by atoms with Crippen molar-refractivity contribution in [1.29, 1.82) is 0 Å². The number of anilines is 1. The van der Waals surface area contributed by atoms with Gasteiger partial charge in [0.05, 0.1) is 34.8 Å². The maximum atomic E-state index is 13.2. The first-order valence-corrected chi connectivity index (χ1v) is 12.1. The Bertz CT molecular complexity index is 1450. The zero-order valence-corrected chi connectivity index (χ0v) is 19.5. The van der Waals surface area contributed by atoms with Crippen LogP contribution in [0.4, 0.5) is 5.82 Å². The van der Waals surface area contributed by atoms with Gasteiger partial charge in [-0.05, 0) is 47.8 Å². The van der Waals surface area contributed by atoms with Crippen molar-refractivity contribution in [2.24, 2.45) is 0 Å². The van der Waals surface area contributed by atoms with Gasteiger partial charge in [0.2, 0.25) is 0 Å². The molecule has 33 heavy (non-hydrogen) atoms. The Morgan fingerprint density at radius 1 is 1.18 bits per heavy atom. The Morgan fingerprint density at radius 3 is 2.82 bits per heavy atom. The molecule has 166 valence electrons. The first-order valence-electron chi connectivity index (χ1n) is 9.96. The van der Waals surface area contributed by atoms with Gasteiger partial charge in [-0.15, -0.1) is 11.3 Å². The number of rotatable bonds is 7. The van der Waals surface area contributed by atoms with E-state index in [-0.39, 0.29) is 11.5 Å². The lowest BCUT2D eigenvalue weighted by Crippen LogP contribution is -2.21. The average molecular weight is 497 g/mol. The van der Waals surface area contributed by atoms with Gasteiger partial charge in [0, 0.05) is 22.5 Å².